The van der Waals surface area contributed by atoms with E-state index in [2.05, 4.69) is 4.90 Å². The van der Waals surface area contributed by atoms with Crippen molar-refractivity contribution in [2.24, 2.45) is 11.8 Å². The first-order valence-electron chi connectivity index (χ1n) is 5.60. The molecule has 1 saturated heterocycles. The summed E-state index contributed by atoms with van der Waals surface area (Å²) < 4.78 is 0. The van der Waals surface area contributed by atoms with Gasteiger partial charge in [-0.3, -0.25) is 9.69 Å². The maximum atomic E-state index is 11.1. The van der Waals surface area contributed by atoms with Crippen molar-refractivity contribution in [3.05, 3.63) is 0 Å². The van der Waals surface area contributed by atoms with Crippen molar-refractivity contribution in [3.63, 3.8) is 0 Å². The molecule has 72 valence electrons. The van der Waals surface area contributed by atoms with E-state index >= 15 is 0 Å². The summed E-state index contributed by atoms with van der Waals surface area (Å²) >= 11 is 0. The SMILES string of the molecule is O=C1CCN(C2CCC3CC32)CC1. The van der Waals surface area contributed by atoms with Crippen LogP contribution in [0.5, 0.6) is 0 Å². The lowest BCUT2D eigenvalue weighted by atomic mass is 10.0. The zero-order valence-electron chi connectivity index (χ0n) is 8.04. The first-order chi connectivity index (χ1) is 6.34. The molecule has 1 heterocycles. The number of likely N-dealkylation sites (tertiary alicyclic amines) is 1. The van der Waals surface area contributed by atoms with Gasteiger partial charge in [0.15, 0.2) is 0 Å². The van der Waals surface area contributed by atoms with Gasteiger partial charge in [0.05, 0.1) is 0 Å². The molecule has 3 rings (SSSR count). The number of hydrogen-bond donors (Lipinski definition) is 0. The van der Waals surface area contributed by atoms with Gasteiger partial charge in [0, 0.05) is 32.0 Å². The topological polar surface area (TPSA) is 20.3 Å². The molecule has 1 aliphatic heterocycles. The molecule has 0 amide bonds. The molecule has 0 radical (unpaired) electrons. The van der Waals surface area contributed by atoms with Crippen LogP contribution in [0.2, 0.25) is 0 Å². The van der Waals surface area contributed by atoms with E-state index in [0.717, 1.165) is 43.8 Å². The summed E-state index contributed by atoms with van der Waals surface area (Å²) in [5, 5.41) is 0. The largest absolute Gasteiger partial charge is 0.300 e. The molecule has 2 saturated carbocycles. The molecule has 2 heteroatoms. The van der Waals surface area contributed by atoms with Crippen molar-refractivity contribution < 1.29 is 4.79 Å². The zero-order chi connectivity index (χ0) is 8.84. The smallest absolute Gasteiger partial charge is 0.135 e. The Morgan fingerprint density at radius 2 is 1.92 bits per heavy atom. The van der Waals surface area contributed by atoms with Gasteiger partial charge in [-0.15, -0.1) is 0 Å². The Labute approximate surface area is 79.3 Å². The molecule has 0 N–H and O–H groups in total. The Morgan fingerprint density at radius 1 is 1.15 bits per heavy atom. The molecule has 0 aromatic carbocycles. The van der Waals surface area contributed by atoms with Crippen molar-refractivity contribution >= 4 is 5.78 Å². The Kier molecular flexibility index (Phi) is 1.72. The summed E-state index contributed by atoms with van der Waals surface area (Å²) in [5.41, 5.74) is 0. The van der Waals surface area contributed by atoms with E-state index in [-0.39, 0.29) is 0 Å². The van der Waals surface area contributed by atoms with Gasteiger partial charge in [-0.25, -0.2) is 0 Å². The lowest BCUT2D eigenvalue weighted by molar-refractivity contribution is -0.122. The molecular weight excluding hydrogens is 162 g/mol. The van der Waals surface area contributed by atoms with Gasteiger partial charge in [-0.2, -0.15) is 0 Å². The van der Waals surface area contributed by atoms with Crippen LogP contribution in [0.15, 0.2) is 0 Å². The van der Waals surface area contributed by atoms with E-state index in [4.69, 9.17) is 0 Å². The van der Waals surface area contributed by atoms with Crippen LogP contribution >= 0.6 is 0 Å². The summed E-state index contributed by atoms with van der Waals surface area (Å²) in [5.74, 6) is 2.57. The molecule has 0 spiro atoms. The third-order valence-electron chi connectivity index (χ3n) is 4.13. The molecular formula is C11H17NO. The number of hydrogen-bond acceptors (Lipinski definition) is 2. The summed E-state index contributed by atoms with van der Waals surface area (Å²) in [6, 6.07) is 0.859. The fourth-order valence-electron chi connectivity index (χ4n) is 3.23. The van der Waals surface area contributed by atoms with Gasteiger partial charge in [0.2, 0.25) is 0 Å². The van der Waals surface area contributed by atoms with Crippen LogP contribution in [0.25, 0.3) is 0 Å². The Bertz CT molecular complexity index is 228. The second-order valence-corrected chi connectivity index (χ2v) is 4.88. The zero-order valence-corrected chi connectivity index (χ0v) is 8.04. The number of ketones is 1. The molecule has 3 unspecified atom stereocenters. The van der Waals surface area contributed by atoms with Crippen LogP contribution in [-0.2, 0) is 4.79 Å². The van der Waals surface area contributed by atoms with Crippen LogP contribution in [0, 0.1) is 11.8 Å². The quantitative estimate of drug-likeness (QED) is 0.607. The Hall–Kier alpha value is -0.370. The minimum atomic E-state index is 0.474. The lowest BCUT2D eigenvalue weighted by Crippen LogP contribution is -2.41. The molecule has 2 aliphatic carbocycles. The van der Waals surface area contributed by atoms with Crippen LogP contribution in [0.3, 0.4) is 0 Å². The molecule has 3 atom stereocenters. The van der Waals surface area contributed by atoms with Gasteiger partial charge >= 0.3 is 0 Å². The third-order valence-corrected chi connectivity index (χ3v) is 4.13. The fourth-order valence-corrected chi connectivity index (χ4v) is 3.23. The van der Waals surface area contributed by atoms with Gasteiger partial charge in [0.25, 0.3) is 0 Å². The third kappa shape index (κ3) is 1.32. The minimum absolute atomic E-state index is 0.474. The van der Waals surface area contributed by atoms with Gasteiger partial charge in [-0.1, -0.05) is 0 Å². The van der Waals surface area contributed by atoms with Crippen LogP contribution < -0.4 is 0 Å². The standard InChI is InChI=1S/C11H17NO/c13-9-3-5-12(6-4-9)11-2-1-8-7-10(8)11/h8,10-11H,1-7H2. The fraction of sp³-hybridized carbons (Fsp3) is 0.909. The Balaban J connectivity index is 1.62. The van der Waals surface area contributed by atoms with Gasteiger partial charge in [0.1, 0.15) is 5.78 Å². The monoisotopic (exact) mass is 179 g/mol. The van der Waals surface area contributed by atoms with Gasteiger partial charge < -0.3 is 0 Å². The van der Waals surface area contributed by atoms with Gasteiger partial charge in [-0.05, 0) is 31.1 Å². The van der Waals surface area contributed by atoms with Crippen LogP contribution in [-0.4, -0.2) is 29.8 Å². The summed E-state index contributed by atoms with van der Waals surface area (Å²) in [7, 11) is 0. The maximum absolute atomic E-state index is 11.1. The van der Waals surface area contributed by atoms with E-state index in [9.17, 15) is 4.79 Å². The first-order valence-corrected chi connectivity index (χ1v) is 5.60. The van der Waals surface area contributed by atoms with Crippen molar-refractivity contribution in [1.82, 2.24) is 4.90 Å². The number of Topliss-reactive ketones (excluding diaryl/α,β-unsaturated/α-hetero) is 1. The normalized spacial score (nSPS) is 44.9. The summed E-state index contributed by atoms with van der Waals surface area (Å²) in [6.45, 7) is 2.10. The van der Waals surface area contributed by atoms with E-state index in [1.807, 2.05) is 0 Å². The van der Waals surface area contributed by atoms with Crippen molar-refractivity contribution in [3.8, 4) is 0 Å². The number of nitrogens with zero attached hydrogens (tertiary/aromatic N) is 1. The highest BCUT2D eigenvalue weighted by Crippen LogP contribution is 2.53. The maximum Gasteiger partial charge on any atom is 0.135 e. The average molecular weight is 179 g/mol. The molecule has 0 aromatic heterocycles. The van der Waals surface area contributed by atoms with Crippen LogP contribution in [0.1, 0.15) is 32.1 Å². The van der Waals surface area contributed by atoms with Crippen molar-refractivity contribution in [2.75, 3.05) is 13.1 Å². The highest BCUT2D eigenvalue weighted by Gasteiger charge is 2.50. The molecule has 3 aliphatic rings. The van der Waals surface area contributed by atoms with Crippen molar-refractivity contribution in [2.45, 2.75) is 38.1 Å². The highest BCUT2D eigenvalue weighted by molar-refractivity contribution is 5.79. The molecule has 0 bridgehead atoms. The highest BCUT2D eigenvalue weighted by atomic mass is 16.1. The summed E-state index contributed by atoms with van der Waals surface area (Å²) in [4.78, 5) is 13.7. The van der Waals surface area contributed by atoms with Crippen molar-refractivity contribution in [1.29, 1.82) is 0 Å². The number of carbonyl (C=O) groups is 1. The van der Waals surface area contributed by atoms with E-state index < -0.39 is 0 Å². The van der Waals surface area contributed by atoms with E-state index in [1.165, 1.54) is 19.3 Å². The predicted molar refractivity (Wildman–Crippen MR) is 50.4 cm³/mol. The number of carbonyl (C=O) groups excluding carboxylic acids is 1. The van der Waals surface area contributed by atoms with E-state index in [1.54, 1.807) is 0 Å². The van der Waals surface area contributed by atoms with E-state index in [0.29, 0.717) is 5.78 Å². The first kappa shape index (κ1) is 7.98. The molecule has 3 fully saturated rings. The molecule has 2 nitrogen and oxygen atoms in total. The molecule has 13 heavy (non-hydrogen) atoms. The predicted octanol–water partition coefficient (Wildman–Crippen LogP) is 1.45. The summed E-state index contributed by atoms with van der Waals surface area (Å²) in [6.07, 6.45) is 5.97. The number of fused-ring (bicyclic) bond motifs is 1. The Morgan fingerprint density at radius 3 is 2.46 bits per heavy atom. The average Bonchev–Trinajstić information content (AvgIpc) is 2.81. The molecule has 0 aromatic rings. The minimum Gasteiger partial charge on any atom is -0.300 e. The number of piperidine rings is 1. The van der Waals surface area contributed by atoms with Crippen LogP contribution in [0.4, 0.5) is 0 Å². The second kappa shape index (κ2) is 2.81. The number of rotatable bonds is 1. The lowest BCUT2D eigenvalue weighted by Gasteiger charge is -2.32. The second-order valence-electron chi connectivity index (χ2n) is 4.88.